The highest BCUT2D eigenvalue weighted by Crippen LogP contribution is 2.51. The molecule has 0 radical (unpaired) electrons. The van der Waals surface area contributed by atoms with Crippen molar-refractivity contribution in [3.05, 3.63) is 59.5 Å². The van der Waals surface area contributed by atoms with Crippen LogP contribution in [-0.4, -0.2) is 37.9 Å². The number of nitrogens with zero attached hydrogens (tertiary/aromatic N) is 4. The summed E-state index contributed by atoms with van der Waals surface area (Å²) in [4.78, 5) is 13.4. The average Bonchev–Trinajstić information content (AvgIpc) is 3.17. The van der Waals surface area contributed by atoms with Crippen LogP contribution in [0.2, 0.25) is 0 Å². The molecule has 9 nitrogen and oxygen atoms in total. The number of ether oxygens (including phenoxy) is 2. The van der Waals surface area contributed by atoms with Crippen molar-refractivity contribution in [1.82, 2.24) is 25.2 Å². The molecular weight excluding hydrogens is 444 g/mol. The Balaban J connectivity index is 1.27. The van der Waals surface area contributed by atoms with Crippen molar-refractivity contribution in [2.75, 3.05) is 12.1 Å². The van der Waals surface area contributed by atoms with Crippen LogP contribution in [0.1, 0.15) is 50.7 Å². The van der Waals surface area contributed by atoms with E-state index in [0.717, 1.165) is 47.3 Å². The lowest BCUT2D eigenvalue weighted by Gasteiger charge is -2.22. The van der Waals surface area contributed by atoms with E-state index >= 15 is 0 Å². The van der Waals surface area contributed by atoms with Gasteiger partial charge >= 0.3 is 0 Å². The number of H-pyrrole nitrogens is 1. The van der Waals surface area contributed by atoms with Gasteiger partial charge in [0.1, 0.15) is 0 Å². The zero-order valence-corrected chi connectivity index (χ0v) is 20.1. The van der Waals surface area contributed by atoms with E-state index < -0.39 is 5.41 Å². The van der Waals surface area contributed by atoms with Gasteiger partial charge in [0.25, 0.3) is 0 Å². The van der Waals surface area contributed by atoms with Gasteiger partial charge in [-0.2, -0.15) is 5.21 Å². The van der Waals surface area contributed by atoms with E-state index in [9.17, 15) is 4.79 Å². The molecule has 2 aromatic carbocycles. The number of tetrazole rings is 1. The predicted octanol–water partition coefficient (Wildman–Crippen LogP) is 4.09. The Bertz CT molecular complexity index is 1410. The van der Waals surface area contributed by atoms with Crippen LogP contribution >= 0.6 is 0 Å². The molecule has 4 aromatic rings. The molecule has 0 spiro atoms. The SMILES string of the molecule is CC(C)(C)c1cc2cc(NC(=O)C3(c4ccc5c(c4)OCO5)CC3)ccc2n1CCc1nn[nH]n1. The summed E-state index contributed by atoms with van der Waals surface area (Å²) in [5.41, 5.74) is 3.56. The Morgan fingerprint density at radius 2 is 1.94 bits per heavy atom. The van der Waals surface area contributed by atoms with Crippen molar-refractivity contribution >= 4 is 22.5 Å². The van der Waals surface area contributed by atoms with Gasteiger partial charge in [0.15, 0.2) is 17.3 Å². The number of nitrogens with one attached hydrogen (secondary N) is 2. The molecule has 1 fully saturated rings. The molecule has 1 saturated carbocycles. The molecule has 1 amide bonds. The van der Waals surface area contributed by atoms with Crippen molar-refractivity contribution < 1.29 is 14.3 Å². The molecule has 2 N–H and O–H groups in total. The molecule has 6 rings (SSSR count). The lowest BCUT2D eigenvalue weighted by atomic mass is 9.92. The van der Waals surface area contributed by atoms with Gasteiger partial charge in [-0.15, -0.1) is 10.2 Å². The fourth-order valence-corrected chi connectivity index (χ4v) is 4.93. The average molecular weight is 473 g/mol. The smallest absolute Gasteiger partial charge is 0.235 e. The summed E-state index contributed by atoms with van der Waals surface area (Å²) in [6, 6.07) is 14.1. The number of carbonyl (C=O) groups is 1. The van der Waals surface area contributed by atoms with Gasteiger partial charge in [-0.25, -0.2) is 0 Å². The van der Waals surface area contributed by atoms with Gasteiger partial charge in [0, 0.05) is 40.7 Å². The second kappa shape index (κ2) is 7.83. The molecule has 0 bridgehead atoms. The normalized spacial score (nSPS) is 16.0. The predicted molar refractivity (Wildman–Crippen MR) is 131 cm³/mol. The second-order valence-corrected chi connectivity index (χ2v) is 10.4. The lowest BCUT2D eigenvalue weighted by molar-refractivity contribution is -0.118. The molecular formula is C26H28N6O3. The van der Waals surface area contributed by atoms with Crippen LogP contribution in [0.4, 0.5) is 5.69 Å². The van der Waals surface area contributed by atoms with E-state index in [1.54, 1.807) is 0 Å². The topological polar surface area (TPSA) is 107 Å². The van der Waals surface area contributed by atoms with Gasteiger partial charge in [-0.1, -0.05) is 32.1 Å². The highest BCUT2D eigenvalue weighted by Gasteiger charge is 2.51. The first-order valence-corrected chi connectivity index (χ1v) is 11.9. The number of rotatable bonds is 6. The van der Waals surface area contributed by atoms with E-state index in [0.29, 0.717) is 18.0 Å². The van der Waals surface area contributed by atoms with Gasteiger partial charge in [-0.05, 0) is 54.8 Å². The molecule has 1 aliphatic heterocycles. The quantitative estimate of drug-likeness (QED) is 0.438. The van der Waals surface area contributed by atoms with E-state index in [1.165, 1.54) is 5.69 Å². The zero-order chi connectivity index (χ0) is 24.2. The Hall–Kier alpha value is -3.88. The second-order valence-electron chi connectivity index (χ2n) is 10.4. The lowest BCUT2D eigenvalue weighted by Crippen LogP contribution is -2.27. The molecule has 0 saturated heterocycles. The van der Waals surface area contributed by atoms with Crippen LogP contribution in [0.3, 0.4) is 0 Å². The first-order chi connectivity index (χ1) is 16.8. The molecule has 180 valence electrons. The number of hydrogen-bond acceptors (Lipinski definition) is 6. The molecule has 3 heterocycles. The van der Waals surface area contributed by atoms with Gasteiger partial charge in [0.05, 0.1) is 5.41 Å². The molecule has 9 heteroatoms. The van der Waals surface area contributed by atoms with E-state index in [1.807, 2.05) is 24.3 Å². The summed E-state index contributed by atoms with van der Waals surface area (Å²) in [6.45, 7) is 7.59. The summed E-state index contributed by atoms with van der Waals surface area (Å²) in [7, 11) is 0. The fraction of sp³-hybridized carbons (Fsp3) is 0.385. The molecule has 35 heavy (non-hydrogen) atoms. The van der Waals surface area contributed by atoms with Gasteiger partial charge < -0.3 is 19.4 Å². The Morgan fingerprint density at radius 1 is 1.11 bits per heavy atom. The van der Waals surface area contributed by atoms with Crippen LogP contribution < -0.4 is 14.8 Å². The van der Waals surface area contributed by atoms with Gasteiger partial charge in [-0.3, -0.25) is 4.79 Å². The third kappa shape index (κ3) is 3.80. The number of aromatic nitrogens is 5. The summed E-state index contributed by atoms with van der Waals surface area (Å²) >= 11 is 0. The van der Waals surface area contributed by atoms with E-state index in [4.69, 9.17) is 9.47 Å². The number of aromatic amines is 1. The third-order valence-electron chi connectivity index (χ3n) is 6.99. The van der Waals surface area contributed by atoms with Crippen LogP contribution in [-0.2, 0) is 28.6 Å². The summed E-state index contributed by atoms with van der Waals surface area (Å²) in [6.07, 6.45) is 2.32. The van der Waals surface area contributed by atoms with Crippen LogP contribution in [0.15, 0.2) is 42.5 Å². The summed E-state index contributed by atoms with van der Waals surface area (Å²) in [5, 5.41) is 18.6. The maximum Gasteiger partial charge on any atom is 0.235 e. The molecule has 0 unspecified atom stereocenters. The minimum Gasteiger partial charge on any atom is -0.454 e. The van der Waals surface area contributed by atoms with Gasteiger partial charge in [0.2, 0.25) is 12.7 Å². The first kappa shape index (κ1) is 21.6. The number of amides is 1. The summed E-state index contributed by atoms with van der Waals surface area (Å²) < 4.78 is 13.3. The van der Waals surface area contributed by atoms with Crippen LogP contribution in [0.5, 0.6) is 11.5 Å². The largest absolute Gasteiger partial charge is 0.454 e. The standard InChI is InChI=1S/C26H28N6O3/c1-25(2,3)22-13-16-12-18(5-6-19(16)32(22)11-8-23-28-30-31-29-23)27-24(33)26(9-10-26)17-4-7-20-21(14-17)35-15-34-20/h4-7,12-14H,8-11,15H2,1-3H3,(H,27,33)(H,28,29,30,31). The number of carbonyl (C=O) groups excluding carboxylic acids is 1. The Labute approximate surface area is 202 Å². The van der Waals surface area contributed by atoms with E-state index in [2.05, 4.69) is 69.5 Å². The fourth-order valence-electron chi connectivity index (χ4n) is 4.93. The van der Waals surface area contributed by atoms with Crippen molar-refractivity contribution in [3.63, 3.8) is 0 Å². The van der Waals surface area contributed by atoms with Crippen molar-refractivity contribution in [2.45, 2.75) is 57.4 Å². The van der Waals surface area contributed by atoms with Crippen molar-refractivity contribution in [1.29, 1.82) is 0 Å². The maximum absolute atomic E-state index is 13.4. The summed E-state index contributed by atoms with van der Waals surface area (Å²) in [5.74, 6) is 2.14. The third-order valence-corrected chi connectivity index (χ3v) is 6.99. The number of aryl methyl sites for hydroxylation is 2. The Morgan fingerprint density at radius 3 is 2.69 bits per heavy atom. The zero-order valence-electron chi connectivity index (χ0n) is 20.1. The molecule has 1 aliphatic carbocycles. The number of benzene rings is 2. The van der Waals surface area contributed by atoms with Crippen molar-refractivity contribution in [2.24, 2.45) is 0 Å². The Kier molecular flexibility index (Phi) is 4.84. The molecule has 2 aliphatic rings. The minimum absolute atomic E-state index is 0.0169. The van der Waals surface area contributed by atoms with E-state index in [-0.39, 0.29) is 18.1 Å². The maximum atomic E-state index is 13.4. The monoisotopic (exact) mass is 472 g/mol. The molecule has 2 aromatic heterocycles. The van der Waals surface area contributed by atoms with Crippen molar-refractivity contribution in [3.8, 4) is 11.5 Å². The first-order valence-electron chi connectivity index (χ1n) is 11.9. The highest BCUT2D eigenvalue weighted by atomic mass is 16.7. The number of fused-ring (bicyclic) bond motifs is 2. The minimum atomic E-state index is -0.511. The number of hydrogen-bond donors (Lipinski definition) is 2. The highest BCUT2D eigenvalue weighted by molar-refractivity contribution is 6.02. The molecule has 0 atom stereocenters. The van der Waals surface area contributed by atoms with Crippen LogP contribution in [0, 0.1) is 0 Å². The number of anilines is 1. The van der Waals surface area contributed by atoms with Crippen LogP contribution in [0.25, 0.3) is 10.9 Å².